The molecule has 1 aliphatic heterocycles. The molecule has 0 radical (unpaired) electrons. The van der Waals surface area contributed by atoms with Crippen molar-refractivity contribution in [1.29, 1.82) is 0 Å². The number of nitrogens with zero attached hydrogens (tertiary/aromatic N) is 2. The molecule has 0 saturated heterocycles. The van der Waals surface area contributed by atoms with Crippen molar-refractivity contribution in [2.24, 2.45) is 0 Å². The summed E-state index contributed by atoms with van der Waals surface area (Å²) in [6.45, 7) is 0.987. The highest BCUT2D eigenvalue weighted by molar-refractivity contribution is 6.34. The van der Waals surface area contributed by atoms with Crippen LogP contribution in [0.3, 0.4) is 0 Å². The third-order valence-electron chi connectivity index (χ3n) is 4.52. The van der Waals surface area contributed by atoms with Crippen LogP contribution in [0.25, 0.3) is 5.69 Å². The minimum atomic E-state index is 0.620. The molecular formula is C16H17Cl2N3. The fraction of sp³-hybridized carbons (Fsp3) is 0.438. The fourth-order valence-corrected chi connectivity index (χ4v) is 4.09. The quantitative estimate of drug-likeness (QED) is 0.860. The number of rotatable bonds is 2. The standard InChI is InChI=1S/C16H17Cl2N3/c17-11-7-12(18)9-13(8-11)21-16-14(5-6-19-16)15(20-21)10-3-1-2-4-10/h7-10,19H,1-6H2. The number of hydrogen-bond donors (Lipinski definition) is 1. The van der Waals surface area contributed by atoms with Crippen LogP contribution in [-0.4, -0.2) is 16.3 Å². The highest BCUT2D eigenvalue weighted by Crippen LogP contribution is 2.40. The van der Waals surface area contributed by atoms with Gasteiger partial charge in [0.2, 0.25) is 0 Å². The zero-order valence-corrected chi connectivity index (χ0v) is 13.2. The third-order valence-corrected chi connectivity index (χ3v) is 4.95. The summed E-state index contributed by atoms with van der Waals surface area (Å²) in [4.78, 5) is 0. The van der Waals surface area contributed by atoms with Crippen LogP contribution in [0.15, 0.2) is 18.2 Å². The van der Waals surface area contributed by atoms with Crippen molar-refractivity contribution in [1.82, 2.24) is 9.78 Å². The molecule has 2 aliphatic rings. The Kier molecular flexibility index (Phi) is 3.35. The highest BCUT2D eigenvalue weighted by atomic mass is 35.5. The molecular weight excluding hydrogens is 305 g/mol. The van der Waals surface area contributed by atoms with Crippen LogP contribution < -0.4 is 5.32 Å². The van der Waals surface area contributed by atoms with E-state index in [1.807, 2.05) is 16.8 Å². The summed E-state index contributed by atoms with van der Waals surface area (Å²) in [6.07, 6.45) is 6.24. The molecule has 4 rings (SSSR count). The molecule has 0 unspecified atom stereocenters. The highest BCUT2D eigenvalue weighted by Gasteiger charge is 2.29. The van der Waals surface area contributed by atoms with Crippen LogP contribution in [0.4, 0.5) is 5.82 Å². The summed E-state index contributed by atoms with van der Waals surface area (Å²) < 4.78 is 1.98. The second kappa shape index (κ2) is 5.22. The molecule has 0 amide bonds. The van der Waals surface area contributed by atoms with Crippen molar-refractivity contribution in [3.63, 3.8) is 0 Å². The van der Waals surface area contributed by atoms with Gasteiger partial charge in [0.15, 0.2) is 0 Å². The van der Waals surface area contributed by atoms with E-state index in [1.165, 1.54) is 36.9 Å². The zero-order chi connectivity index (χ0) is 14.4. The Morgan fingerprint density at radius 1 is 1.10 bits per heavy atom. The first-order chi connectivity index (χ1) is 10.2. The van der Waals surface area contributed by atoms with Crippen LogP contribution in [-0.2, 0) is 6.42 Å². The monoisotopic (exact) mass is 321 g/mol. The second-order valence-corrected chi connectivity index (χ2v) is 6.78. The topological polar surface area (TPSA) is 29.9 Å². The maximum atomic E-state index is 6.14. The van der Waals surface area contributed by atoms with Gasteiger partial charge in [-0.25, -0.2) is 4.68 Å². The van der Waals surface area contributed by atoms with E-state index in [9.17, 15) is 0 Å². The number of benzene rings is 1. The van der Waals surface area contributed by atoms with Gasteiger partial charge >= 0.3 is 0 Å². The molecule has 2 aromatic rings. The lowest BCUT2D eigenvalue weighted by Crippen LogP contribution is -2.06. The smallest absolute Gasteiger partial charge is 0.133 e. The molecule has 1 aromatic carbocycles. The molecule has 1 N–H and O–H groups in total. The first-order valence-corrected chi connectivity index (χ1v) is 8.30. The Balaban J connectivity index is 1.83. The average molecular weight is 322 g/mol. The van der Waals surface area contributed by atoms with Crippen molar-refractivity contribution in [3.05, 3.63) is 39.5 Å². The van der Waals surface area contributed by atoms with E-state index in [-0.39, 0.29) is 0 Å². The fourth-order valence-electron chi connectivity index (χ4n) is 3.58. The lowest BCUT2D eigenvalue weighted by Gasteiger charge is -2.08. The predicted octanol–water partition coefficient (Wildman–Crippen LogP) is 4.80. The number of nitrogens with one attached hydrogen (secondary N) is 1. The second-order valence-electron chi connectivity index (χ2n) is 5.91. The Morgan fingerprint density at radius 3 is 2.52 bits per heavy atom. The first-order valence-electron chi connectivity index (χ1n) is 7.54. The van der Waals surface area contributed by atoms with Gasteiger partial charge < -0.3 is 5.32 Å². The molecule has 2 heterocycles. The van der Waals surface area contributed by atoms with Crippen LogP contribution in [0, 0.1) is 0 Å². The minimum absolute atomic E-state index is 0.620. The van der Waals surface area contributed by atoms with Crippen molar-refractivity contribution in [3.8, 4) is 5.69 Å². The molecule has 1 fully saturated rings. The van der Waals surface area contributed by atoms with Crippen LogP contribution in [0.5, 0.6) is 0 Å². The summed E-state index contributed by atoms with van der Waals surface area (Å²) in [5, 5.41) is 9.65. The van der Waals surface area contributed by atoms with E-state index >= 15 is 0 Å². The summed E-state index contributed by atoms with van der Waals surface area (Å²) >= 11 is 12.3. The summed E-state index contributed by atoms with van der Waals surface area (Å²) in [5.41, 5.74) is 3.60. The van der Waals surface area contributed by atoms with Crippen molar-refractivity contribution in [2.75, 3.05) is 11.9 Å². The van der Waals surface area contributed by atoms with Crippen LogP contribution >= 0.6 is 23.2 Å². The van der Waals surface area contributed by atoms with Gasteiger partial charge in [-0.2, -0.15) is 5.10 Å². The summed E-state index contributed by atoms with van der Waals surface area (Å²) in [7, 11) is 0. The van der Waals surface area contributed by atoms with Gasteiger partial charge in [0.1, 0.15) is 5.82 Å². The van der Waals surface area contributed by atoms with Gasteiger partial charge in [0.05, 0.1) is 11.4 Å². The lowest BCUT2D eigenvalue weighted by atomic mass is 9.99. The van der Waals surface area contributed by atoms with Gasteiger partial charge in [0, 0.05) is 28.1 Å². The zero-order valence-electron chi connectivity index (χ0n) is 11.7. The van der Waals surface area contributed by atoms with Gasteiger partial charge in [-0.15, -0.1) is 0 Å². The molecule has 0 bridgehead atoms. The minimum Gasteiger partial charge on any atom is -0.369 e. The number of anilines is 1. The number of aromatic nitrogens is 2. The third kappa shape index (κ3) is 2.33. The summed E-state index contributed by atoms with van der Waals surface area (Å²) in [5.74, 6) is 1.74. The molecule has 110 valence electrons. The summed E-state index contributed by atoms with van der Waals surface area (Å²) in [6, 6.07) is 5.58. The van der Waals surface area contributed by atoms with Crippen molar-refractivity contribution >= 4 is 29.0 Å². The molecule has 0 atom stereocenters. The normalized spacial score (nSPS) is 18.0. The van der Waals surface area contributed by atoms with E-state index in [2.05, 4.69) is 5.32 Å². The molecule has 1 aliphatic carbocycles. The van der Waals surface area contributed by atoms with E-state index in [0.717, 1.165) is 24.5 Å². The van der Waals surface area contributed by atoms with Crippen molar-refractivity contribution in [2.45, 2.75) is 38.0 Å². The van der Waals surface area contributed by atoms with Gasteiger partial charge in [-0.3, -0.25) is 0 Å². The van der Waals surface area contributed by atoms with E-state index in [0.29, 0.717) is 16.0 Å². The van der Waals surface area contributed by atoms with Crippen molar-refractivity contribution < 1.29 is 0 Å². The van der Waals surface area contributed by atoms with E-state index < -0.39 is 0 Å². The van der Waals surface area contributed by atoms with Gasteiger partial charge in [0.25, 0.3) is 0 Å². The Bertz CT molecular complexity index is 667. The molecule has 3 nitrogen and oxygen atoms in total. The van der Waals surface area contributed by atoms with Gasteiger partial charge in [-0.1, -0.05) is 36.0 Å². The Morgan fingerprint density at radius 2 is 1.81 bits per heavy atom. The maximum absolute atomic E-state index is 6.14. The predicted molar refractivity (Wildman–Crippen MR) is 87.0 cm³/mol. The molecule has 1 aromatic heterocycles. The average Bonchev–Trinajstić information content (AvgIpc) is 3.14. The van der Waals surface area contributed by atoms with Crippen LogP contribution in [0.2, 0.25) is 10.0 Å². The lowest BCUT2D eigenvalue weighted by molar-refractivity contribution is 0.670. The Labute approximate surface area is 134 Å². The molecule has 1 saturated carbocycles. The number of fused-ring (bicyclic) bond motifs is 1. The molecule has 21 heavy (non-hydrogen) atoms. The van der Waals surface area contributed by atoms with E-state index in [1.54, 1.807) is 6.07 Å². The first kappa shape index (κ1) is 13.5. The largest absolute Gasteiger partial charge is 0.369 e. The van der Waals surface area contributed by atoms with E-state index in [4.69, 9.17) is 28.3 Å². The number of hydrogen-bond acceptors (Lipinski definition) is 2. The maximum Gasteiger partial charge on any atom is 0.133 e. The Hall–Kier alpha value is -1.19. The van der Waals surface area contributed by atoms with Crippen LogP contribution in [0.1, 0.15) is 42.9 Å². The number of halogens is 2. The molecule has 0 spiro atoms. The van der Waals surface area contributed by atoms with Gasteiger partial charge in [-0.05, 0) is 37.5 Å². The SMILES string of the molecule is Clc1cc(Cl)cc(-n2nc(C3CCCC3)c3c2NCC3)c1. The molecule has 5 heteroatoms.